The van der Waals surface area contributed by atoms with Crippen LogP contribution in [0.5, 0.6) is 0 Å². The van der Waals surface area contributed by atoms with Crippen LogP contribution < -0.4 is 10.0 Å². The molecule has 0 unspecified atom stereocenters. The molecular formula is C20H21F3N2O5S. The predicted molar refractivity (Wildman–Crippen MR) is 107 cm³/mol. The molecule has 0 fully saturated rings. The summed E-state index contributed by atoms with van der Waals surface area (Å²) in [5.74, 6) is -1.41. The number of esters is 1. The number of amides is 1. The van der Waals surface area contributed by atoms with E-state index >= 15 is 0 Å². The van der Waals surface area contributed by atoms with Crippen LogP contribution in [0.4, 0.5) is 18.9 Å². The first-order valence-electron chi connectivity index (χ1n) is 9.08. The molecule has 2 N–H and O–H groups in total. The average molecular weight is 458 g/mol. The number of carbonyl (C=O) groups excluding carboxylic acids is 2. The van der Waals surface area contributed by atoms with Gasteiger partial charge in [-0.05, 0) is 49.2 Å². The lowest BCUT2D eigenvalue weighted by Crippen LogP contribution is -2.28. The highest BCUT2D eigenvalue weighted by Crippen LogP contribution is 2.30. The molecule has 2 rings (SSSR count). The number of ether oxygens (including phenoxy) is 1. The van der Waals surface area contributed by atoms with Crippen molar-refractivity contribution in [3.05, 3.63) is 59.2 Å². The van der Waals surface area contributed by atoms with Gasteiger partial charge in [0.05, 0.1) is 16.9 Å². The Hall–Kier alpha value is -2.92. The number of halogens is 3. The van der Waals surface area contributed by atoms with Crippen molar-refractivity contribution in [2.75, 3.05) is 18.5 Å². The smallest absolute Gasteiger partial charge is 0.416 e. The van der Waals surface area contributed by atoms with Gasteiger partial charge in [-0.3, -0.25) is 9.59 Å². The molecule has 0 aromatic heterocycles. The van der Waals surface area contributed by atoms with Crippen LogP contribution in [0.2, 0.25) is 0 Å². The number of aryl methyl sites for hydroxylation is 2. The summed E-state index contributed by atoms with van der Waals surface area (Å²) in [7, 11) is -4.26. The van der Waals surface area contributed by atoms with Crippen molar-refractivity contribution in [2.24, 2.45) is 0 Å². The molecule has 0 saturated carbocycles. The Morgan fingerprint density at radius 1 is 1.06 bits per heavy atom. The highest BCUT2D eigenvalue weighted by atomic mass is 32.2. The molecule has 31 heavy (non-hydrogen) atoms. The van der Waals surface area contributed by atoms with Crippen LogP contribution in [0, 0.1) is 13.8 Å². The van der Waals surface area contributed by atoms with Gasteiger partial charge >= 0.3 is 12.1 Å². The molecule has 168 valence electrons. The molecule has 0 aliphatic carbocycles. The fourth-order valence-electron chi connectivity index (χ4n) is 2.49. The summed E-state index contributed by atoms with van der Waals surface area (Å²) in [5.41, 5.74) is 1.24. The van der Waals surface area contributed by atoms with Crippen molar-refractivity contribution in [2.45, 2.75) is 31.3 Å². The Morgan fingerprint density at radius 2 is 1.77 bits per heavy atom. The minimum absolute atomic E-state index is 0.407. The zero-order valence-corrected chi connectivity index (χ0v) is 17.6. The summed E-state index contributed by atoms with van der Waals surface area (Å²) < 4.78 is 69.3. The highest BCUT2D eigenvalue weighted by molar-refractivity contribution is 7.89. The average Bonchev–Trinajstić information content (AvgIpc) is 2.68. The summed E-state index contributed by atoms with van der Waals surface area (Å²) in [4.78, 5) is 23.1. The van der Waals surface area contributed by atoms with E-state index in [4.69, 9.17) is 4.74 Å². The Kier molecular flexibility index (Phi) is 7.80. The van der Waals surface area contributed by atoms with Gasteiger partial charge in [-0.25, -0.2) is 13.1 Å². The third-order valence-electron chi connectivity index (χ3n) is 4.12. The Bertz CT molecular complexity index is 1070. The normalized spacial score (nSPS) is 11.8. The van der Waals surface area contributed by atoms with Crippen LogP contribution in [0.1, 0.15) is 23.1 Å². The van der Waals surface area contributed by atoms with Gasteiger partial charge in [0.25, 0.3) is 5.91 Å². The molecule has 0 saturated heterocycles. The zero-order chi connectivity index (χ0) is 23.2. The second-order valence-electron chi connectivity index (χ2n) is 6.70. The van der Waals surface area contributed by atoms with E-state index in [2.05, 4.69) is 5.32 Å². The predicted octanol–water partition coefficient (Wildman–Crippen LogP) is 3.17. The van der Waals surface area contributed by atoms with Gasteiger partial charge in [-0.2, -0.15) is 13.2 Å². The lowest BCUT2D eigenvalue weighted by molar-refractivity contribution is -0.147. The van der Waals surface area contributed by atoms with Gasteiger partial charge < -0.3 is 10.1 Å². The van der Waals surface area contributed by atoms with Crippen LogP contribution in [0.15, 0.2) is 47.4 Å². The number of sulfonamides is 1. The summed E-state index contributed by atoms with van der Waals surface area (Å²) in [5, 5.41) is 2.61. The zero-order valence-electron chi connectivity index (χ0n) is 16.7. The number of alkyl halides is 3. The third-order valence-corrected chi connectivity index (χ3v) is 5.58. The standard InChI is InChI=1S/C20H21F3N2O5S/c1-13-6-7-14(2)17(10-13)25-18(26)12-30-19(27)8-9-24-31(28,29)16-5-3-4-15(11-16)20(21,22)23/h3-7,10-11,24H,8-9,12H2,1-2H3,(H,25,26). The quantitative estimate of drug-likeness (QED) is 0.592. The Balaban J connectivity index is 1.82. The molecule has 0 spiro atoms. The molecule has 0 heterocycles. The van der Waals surface area contributed by atoms with Crippen molar-refractivity contribution in [3.63, 3.8) is 0 Å². The summed E-state index contributed by atoms with van der Waals surface area (Å²) in [6.45, 7) is 2.69. The second-order valence-corrected chi connectivity index (χ2v) is 8.47. The fraction of sp³-hybridized carbons (Fsp3) is 0.300. The van der Waals surface area contributed by atoms with Crippen molar-refractivity contribution >= 4 is 27.6 Å². The first-order chi connectivity index (χ1) is 14.4. The number of carbonyl (C=O) groups is 2. The Labute approximate surface area is 177 Å². The summed E-state index contributed by atoms with van der Waals surface area (Å²) in [6.07, 6.45) is -5.10. The summed E-state index contributed by atoms with van der Waals surface area (Å²) >= 11 is 0. The molecule has 2 aromatic rings. The third kappa shape index (κ3) is 7.37. The molecule has 0 bridgehead atoms. The van der Waals surface area contributed by atoms with Crippen molar-refractivity contribution < 1.29 is 35.9 Å². The molecule has 11 heteroatoms. The first-order valence-corrected chi connectivity index (χ1v) is 10.6. The molecule has 0 aliphatic heterocycles. The van der Waals surface area contributed by atoms with Crippen LogP contribution in [-0.4, -0.2) is 33.4 Å². The number of anilines is 1. The monoisotopic (exact) mass is 458 g/mol. The second kappa shape index (κ2) is 9.92. The number of hydrogen-bond acceptors (Lipinski definition) is 5. The van der Waals surface area contributed by atoms with Gasteiger partial charge in [0.1, 0.15) is 0 Å². The number of nitrogens with one attached hydrogen (secondary N) is 2. The number of benzene rings is 2. The maximum atomic E-state index is 12.7. The maximum absolute atomic E-state index is 12.7. The number of rotatable bonds is 8. The largest absolute Gasteiger partial charge is 0.456 e. The van der Waals surface area contributed by atoms with E-state index in [-0.39, 0.29) is 0 Å². The topological polar surface area (TPSA) is 102 Å². The van der Waals surface area contributed by atoms with Gasteiger partial charge in [0.2, 0.25) is 10.0 Å². The van der Waals surface area contributed by atoms with Crippen LogP contribution in [0.3, 0.4) is 0 Å². The lowest BCUT2D eigenvalue weighted by Gasteiger charge is -2.11. The van der Waals surface area contributed by atoms with E-state index in [0.717, 1.165) is 29.3 Å². The SMILES string of the molecule is Cc1ccc(C)c(NC(=O)COC(=O)CCNS(=O)(=O)c2cccc(C(F)(F)F)c2)c1. The van der Waals surface area contributed by atoms with Gasteiger partial charge in [0.15, 0.2) is 6.61 Å². The van der Waals surface area contributed by atoms with E-state index in [1.165, 1.54) is 0 Å². The molecule has 1 amide bonds. The number of hydrogen-bond donors (Lipinski definition) is 2. The minimum atomic E-state index is -4.69. The van der Waals surface area contributed by atoms with E-state index in [1.54, 1.807) is 13.0 Å². The highest BCUT2D eigenvalue weighted by Gasteiger charge is 2.31. The first kappa shape index (κ1) is 24.4. The van der Waals surface area contributed by atoms with Crippen molar-refractivity contribution in [1.29, 1.82) is 0 Å². The maximum Gasteiger partial charge on any atom is 0.416 e. The molecule has 0 atom stereocenters. The Morgan fingerprint density at radius 3 is 2.45 bits per heavy atom. The van der Waals surface area contributed by atoms with Gasteiger partial charge in [-0.1, -0.05) is 18.2 Å². The van der Waals surface area contributed by atoms with Crippen LogP contribution in [-0.2, 0) is 30.5 Å². The van der Waals surface area contributed by atoms with Crippen molar-refractivity contribution in [3.8, 4) is 0 Å². The van der Waals surface area contributed by atoms with E-state index in [1.807, 2.05) is 23.8 Å². The lowest BCUT2D eigenvalue weighted by atomic mass is 10.1. The van der Waals surface area contributed by atoms with E-state index in [9.17, 15) is 31.2 Å². The van der Waals surface area contributed by atoms with Gasteiger partial charge in [-0.15, -0.1) is 0 Å². The van der Waals surface area contributed by atoms with Crippen LogP contribution in [0.25, 0.3) is 0 Å². The summed E-state index contributed by atoms with van der Waals surface area (Å²) in [6, 6.07) is 8.70. The molecule has 7 nitrogen and oxygen atoms in total. The molecule has 0 aliphatic rings. The molecular weight excluding hydrogens is 437 g/mol. The van der Waals surface area contributed by atoms with E-state index < -0.39 is 58.1 Å². The van der Waals surface area contributed by atoms with Crippen LogP contribution >= 0.6 is 0 Å². The van der Waals surface area contributed by atoms with Crippen molar-refractivity contribution in [1.82, 2.24) is 4.72 Å². The molecule has 2 aromatic carbocycles. The molecule has 0 radical (unpaired) electrons. The minimum Gasteiger partial charge on any atom is -0.456 e. The van der Waals surface area contributed by atoms with Gasteiger partial charge in [0, 0.05) is 12.2 Å². The fourth-order valence-corrected chi connectivity index (χ4v) is 3.56. The van der Waals surface area contributed by atoms with E-state index in [0.29, 0.717) is 11.8 Å².